The molecule has 0 radical (unpaired) electrons. The first-order chi connectivity index (χ1) is 9.19. The van der Waals surface area contributed by atoms with Crippen LogP contribution >= 0.6 is 0 Å². The lowest BCUT2D eigenvalue weighted by molar-refractivity contribution is -0.0508. The smallest absolute Gasteiger partial charge is 0.387 e. The van der Waals surface area contributed by atoms with Gasteiger partial charge in [-0.1, -0.05) is 18.2 Å². The summed E-state index contributed by atoms with van der Waals surface area (Å²) in [6.07, 6.45) is 2.18. The highest BCUT2D eigenvalue weighted by Crippen LogP contribution is 2.23. The molecule has 1 N–H and O–H groups in total. The molecule has 0 aliphatic carbocycles. The van der Waals surface area contributed by atoms with Crippen LogP contribution in [0.1, 0.15) is 18.4 Å². The van der Waals surface area contributed by atoms with Crippen molar-refractivity contribution in [2.75, 3.05) is 20.1 Å². The van der Waals surface area contributed by atoms with Crippen molar-refractivity contribution in [3.05, 3.63) is 29.8 Å². The second-order valence-electron chi connectivity index (χ2n) is 4.83. The van der Waals surface area contributed by atoms with E-state index in [9.17, 15) is 8.78 Å². The lowest BCUT2D eigenvalue weighted by atomic mass is 10.0. The van der Waals surface area contributed by atoms with Crippen LogP contribution < -0.4 is 10.1 Å². The van der Waals surface area contributed by atoms with Gasteiger partial charge in [-0.15, -0.1) is 0 Å². The summed E-state index contributed by atoms with van der Waals surface area (Å²) in [6.45, 7) is -0.140. The standard InChI is InChI=1S/C14H20F2N2O/c1-17-12-6-8-18(9-7-12)10-11-4-2-3-5-13(11)19-14(15)16/h2-5,12,14,17H,6-10H2,1H3. The van der Waals surface area contributed by atoms with E-state index in [1.807, 2.05) is 19.2 Å². The monoisotopic (exact) mass is 270 g/mol. The van der Waals surface area contributed by atoms with Gasteiger partial charge in [-0.25, -0.2) is 0 Å². The first-order valence-corrected chi connectivity index (χ1v) is 6.61. The summed E-state index contributed by atoms with van der Waals surface area (Å²) in [5.74, 6) is 0.285. The number of halogens is 2. The van der Waals surface area contributed by atoms with Crippen molar-refractivity contribution in [1.82, 2.24) is 10.2 Å². The van der Waals surface area contributed by atoms with Crippen LogP contribution in [-0.2, 0) is 6.54 Å². The summed E-state index contributed by atoms with van der Waals surface area (Å²) in [5.41, 5.74) is 0.825. The third-order valence-corrected chi connectivity index (χ3v) is 3.58. The average molecular weight is 270 g/mol. The van der Waals surface area contributed by atoms with Crippen LogP contribution in [0.15, 0.2) is 24.3 Å². The summed E-state index contributed by atoms with van der Waals surface area (Å²) in [5, 5.41) is 3.28. The Labute approximate surface area is 112 Å². The number of ether oxygens (including phenoxy) is 1. The number of rotatable bonds is 5. The Bertz CT molecular complexity index is 393. The van der Waals surface area contributed by atoms with E-state index in [-0.39, 0.29) is 5.75 Å². The average Bonchev–Trinajstić information content (AvgIpc) is 2.41. The van der Waals surface area contributed by atoms with E-state index in [4.69, 9.17) is 0 Å². The summed E-state index contributed by atoms with van der Waals surface area (Å²) < 4.78 is 29.2. The molecular weight excluding hydrogens is 250 g/mol. The van der Waals surface area contributed by atoms with Crippen LogP contribution in [0.4, 0.5) is 8.78 Å². The summed E-state index contributed by atoms with van der Waals surface area (Å²) >= 11 is 0. The molecule has 1 aromatic rings. The molecular formula is C14H20F2N2O. The van der Waals surface area contributed by atoms with Crippen LogP contribution in [0.25, 0.3) is 0 Å². The molecule has 0 bridgehead atoms. The molecule has 5 heteroatoms. The van der Waals surface area contributed by atoms with Crippen molar-refractivity contribution in [2.24, 2.45) is 0 Å². The van der Waals surface area contributed by atoms with Crippen LogP contribution in [-0.4, -0.2) is 37.7 Å². The highest BCUT2D eigenvalue weighted by atomic mass is 19.3. The quantitative estimate of drug-likeness (QED) is 0.889. The minimum absolute atomic E-state index is 0.285. The maximum Gasteiger partial charge on any atom is 0.387 e. The van der Waals surface area contributed by atoms with Crippen LogP contribution in [0, 0.1) is 0 Å². The number of likely N-dealkylation sites (tertiary alicyclic amines) is 1. The molecule has 0 atom stereocenters. The van der Waals surface area contributed by atoms with Gasteiger partial charge in [-0.2, -0.15) is 8.78 Å². The van der Waals surface area contributed by atoms with Crippen molar-refractivity contribution >= 4 is 0 Å². The third-order valence-electron chi connectivity index (χ3n) is 3.58. The number of hydrogen-bond acceptors (Lipinski definition) is 3. The molecule has 0 aromatic heterocycles. The van der Waals surface area contributed by atoms with Crippen molar-refractivity contribution in [3.8, 4) is 5.75 Å². The molecule has 1 aliphatic heterocycles. The molecule has 1 saturated heterocycles. The van der Waals surface area contributed by atoms with Crippen LogP contribution in [0.5, 0.6) is 5.75 Å². The van der Waals surface area contributed by atoms with Gasteiger partial charge < -0.3 is 10.1 Å². The number of nitrogens with one attached hydrogen (secondary N) is 1. The number of para-hydroxylation sites is 1. The van der Waals surface area contributed by atoms with Gasteiger partial charge in [0, 0.05) is 18.2 Å². The Morgan fingerprint density at radius 1 is 1.32 bits per heavy atom. The van der Waals surface area contributed by atoms with Gasteiger partial charge >= 0.3 is 6.61 Å². The minimum Gasteiger partial charge on any atom is -0.434 e. The maximum atomic E-state index is 12.3. The molecule has 2 rings (SSSR count). The molecule has 19 heavy (non-hydrogen) atoms. The zero-order valence-corrected chi connectivity index (χ0v) is 11.1. The molecule has 0 amide bonds. The third kappa shape index (κ3) is 4.14. The number of nitrogens with zero attached hydrogens (tertiary/aromatic N) is 1. The van der Waals surface area contributed by atoms with Crippen LogP contribution in [0.3, 0.4) is 0 Å². The fourth-order valence-corrected chi connectivity index (χ4v) is 2.47. The van der Waals surface area contributed by atoms with Crippen molar-refractivity contribution < 1.29 is 13.5 Å². The SMILES string of the molecule is CNC1CCN(Cc2ccccc2OC(F)F)CC1. The van der Waals surface area contributed by atoms with E-state index in [2.05, 4.69) is 15.0 Å². The van der Waals surface area contributed by atoms with E-state index >= 15 is 0 Å². The fourth-order valence-electron chi connectivity index (χ4n) is 2.47. The van der Waals surface area contributed by atoms with E-state index in [1.54, 1.807) is 12.1 Å². The highest BCUT2D eigenvalue weighted by Gasteiger charge is 2.19. The van der Waals surface area contributed by atoms with Gasteiger partial charge in [0.15, 0.2) is 0 Å². The van der Waals surface area contributed by atoms with E-state index in [0.717, 1.165) is 31.5 Å². The number of alkyl halides is 2. The van der Waals surface area contributed by atoms with Gasteiger partial charge in [0.1, 0.15) is 5.75 Å². The first kappa shape index (κ1) is 14.2. The Hall–Kier alpha value is -1.20. The van der Waals surface area contributed by atoms with Gasteiger partial charge in [-0.3, -0.25) is 4.90 Å². The minimum atomic E-state index is -2.77. The number of hydrogen-bond donors (Lipinski definition) is 1. The molecule has 0 unspecified atom stereocenters. The zero-order valence-electron chi connectivity index (χ0n) is 11.1. The lowest BCUT2D eigenvalue weighted by Gasteiger charge is -2.32. The Balaban J connectivity index is 1.95. The number of benzene rings is 1. The molecule has 3 nitrogen and oxygen atoms in total. The van der Waals surface area contributed by atoms with E-state index in [0.29, 0.717) is 12.6 Å². The Morgan fingerprint density at radius 3 is 2.63 bits per heavy atom. The van der Waals surface area contributed by atoms with Crippen LogP contribution in [0.2, 0.25) is 0 Å². The summed E-state index contributed by atoms with van der Waals surface area (Å²) in [6, 6.07) is 7.59. The van der Waals surface area contributed by atoms with Crippen molar-refractivity contribution in [2.45, 2.75) is 32.0 Å². The summed E-state index contributed by atoms with van der Waals surface area (Å²) in [7, 11) is 1.98. The molecule has 1 fully saturated rings. The second kappa shape index (κ2) is 6.82. The molecule has 1 aliphatic rings. The zero-order chi connectivity index (χ0) is 13.7. The fraction of sp³-hybridized carbons (Fsp3) is 0.571. The Kier molecular flexibility index (Phi) is 5.10. The molecule has 106 valence electrons. The lowest BCUT2D eigenvalue weighted by Crippen LogP contribution is -2.40. The molecule has 1 heterocycles. The normalized spacial score (nSPS) is 17.9. The van der Waals surface area contributed by atoms with E-state index in [1.165, 1.54) is 0 Å². The van der Waals surface area contributed by atoms with Crippen molar-refractivity contribution in [3.63, 3.8) is 0 Å². The van der Waals surface area contributed by atoms with Gasteiger partial charge in [-0.05, 0) is 39.0 Å². The van der Waals surface area contributed by atoms with Gasteiger partial charge in [0.2, 0.25) is 0 Å². The predicted octanol–water partition coefficient (Wildman–Crippen LogP) is 2.47. The number of piperidine rings is 1. The highest BCUT2D eigenvalue weighted by molar-refractivity contribution is 5.33. The van der Waals surface area contributed by atoms with Gasteiger partial charge in [0.05, 0.1) is 0 Å². The molecule has 0 spiro atoms. The predicted molar refractivity (Wildman–Crippen MR) is 70.4 cm³/mol. The Morgan fingerprint density at radius 2 is 2.00 bits per heavy atom. The molecule has 0 saturated carbocycles. The summed E-state index contributed by atoms with van der Waals surface area (Å²) in [4.78, 5) is 2.28. The maximum absolute atomic E-state index is 12.3. The molecule has 1 aromatic carbocycles. The van der Waals surface area contributed by atoms with Crippen molar-refractivity contribution in [1.29, 1.82) is 0 Å². The van der Waals surface area contributed by atoms with Gasteiger partial charge in [0.25, 0.3) is 0 Å². The second-order valence-corrected chi connectivity index (χ2v) is 4.83. The van der Waals surface area contributed by atoms with E-state index < -0.39 is 6.61 Å². The first-order valence-electron chi connectivity index (χ1n) is 6.61. The largest absolute Gasteiger partial charge is 0.434 e. The topological polar surface area (TPSA) is 24.5 Å².